The Morgan fingerprint density at radius 2 is 1.73 bits per heavy atom. The Kier molecular flexibility index (Phi) is 11.7. The highest BCUT2D eigenvalue weighted by Gasteiger charge is 2.49. The number of halogens is 2. The van der Waals surface area contributed by atoms with Crippen LogP contribution < -0.4 is 35.5 Å². The Labute approximate surface area is 368 Å². The van der Waals surface area contributed by atoms with E-state index in [-0.39, 0.29) is 47.8 Å². The van der Waals surface area contributed by atoms with Crippen LogP contribution in [0.3, 0.4) is 0 Å². The van der Waals surface area contributed by atoms with Crippen molar-refractivity contribution in [3.05, 3.63) is 59.3 Å². The van der Waals surface area contributed by atoms with E-state index in [4.69, 9.17) is 4.74 Å². The number of rotatable bonds is 11. The highest BCUT2D eigenvalue weighted by molar-refractivity contribution is 6.25. The molecule has 1 aliphatic carbocycles. The van der Waals surface area contributed by atoms with E-state index in [2.05, 4.69) is 35.8 Å². The van der Waals surface area contributed by atoms with E-state index in [0.29, 0.717) is 60.3 Å². The summed E-state index contributed by atoms with van der Waals surface area (Å²) in [6, 6.07) is 8.95. The van der Waals surface area contributed by atoms with Crippen LogP contribution in [-0.2, 0) is 14.4 Å². The summed E-state index contributed by atoms with van der Waals surface area (Å²) in [4.78, 5) is 94.3. The van der Waals surface area contributed by atoms with Crippen molar-refractivity contribution in [2.45, 2.75) is 69.4 Å². The first-order valence-electron chi connectivity index (χ1n) is 21.9. The van der Waals surface area contributed by atoms with Gasteiger partial charge in [-0.15, -0.1) is 0 Å². The summed E-state index contributed by atoms with van der Waals surface area (Å²) < 4.78 is 35.8. The lowest BCUT2D eigenvalue weighted by atomic mass is 10.0. The minimum atomic E-state index is -3.59. The zero-order valence-electron chi connectivity index (χ0n) is 35.8. The number of ether oxygens (including phenoxy) is 1. The average molecular weight is 884 g/mol. The van der Waals surface area contributed by atoms with Crippen LogP contribution in [0.25, 0.3) is 0 Å². The molecule has 6 aliphatic rings. The number of fused-ring (bicyclic) bond motifs is 2. The molecule has 0 spiro atoms. The number of anilines is 5. The molecule has 3 aromatic rings. The van der Waals surface area contributed by atoms with Gasteiger partial charge >= 0.3 is 5.92 Å². The lowest BCUT2D eigenvalue weighted by Gasteiger charge is -2.37. The van der Waals surface area contributed by atoms with Gasteiger partial charge in [-0.05, 0) is 74.9 Å². The number of carbonyl (C=O) groups is 6. The number of carbonyl (C=O) groups excluding carboxylic acids is 6. The molecule has 2 unspecified atom stereocenters. The van der Waals surface area contributed by atoms with Crippen LogP contribution in [0.5, 0.6) is 5.75 Å². The number of aromatic nitrogens is 2. The number of piperidine rings is 1. The maximum atomic E-state index is 15.1. The molecule has 6 amide bonds. The molecule has 0 radical (unpaired) electrons. The summed E-state index contributed by atoms with van der Waals surface area (Å²) in [5.74, 6) is -6.16. The Balaban J connectivity index is 0.769. The number of hydrogen-bond acceptors (Lipinski definition) is 14. The minimum Gasteiger partial charge on any atom is -0.495 e. The fourth-order valence-electron chi connectivity index (χ4n) is 9.88. The van der Waals surface area contributed by atoms with Gasteiger partial charge in [-0.2, -0.15) is 13.8 Å². The topological polar surface area (TPSA) is 193 Å². The second kappa shape index (κ2) is 17.4. The smallest absolute Gasteiger partial charge is 0.342 e. The molecule has 2 aromatic carbocycles. The van der Waals surface area contributed by atoms with Crippen LogP contribution in [-0.4, -0.2) is 145 Å². The maximum Gasteiger partial charge on any atom is 0.342 e. The minimum absolute atomic E-state index is 0.0631. The third-order valence-corrected chi connectivity index (χ3v) is 13.4. The van der Waals surface area contributed by atoms with E-state index in [1.807, 2.05) is 11.1 Å². The molecule has 0 bridgehead atoms. The summed E-state index contributed by atoms with van der Waals surface area (Å²) in [6.07, 6.45) is 6.66. The quantitative estimate of drug-likeness (QED) is 0.238. The normalized spacial score (nSPS) is 23.0. The van der Waals surface area contributed by atoms with Crippen molar-refractivity contribution >= 4 is 64.3 Å². The molecule has 2 atom stereocenters. The van der Waals surface area contributed by atoms with Crippen molar-refractivity contribution < 1.29 is 42.3 Å². The number of amides is 6. The maximum absolute atomic E-state index is 15.1. The SMILES string of the molecule is COc1cc(C(=O)NN2CCC(CCN3CCN(c4cccc5c4C(=O)N(C4CCC(=O)NC4=O)C5=O)CC3)C2)ccc1Nc1ncc2c(n1)N(C1CCCC1)CC(F)(F)C(=O)N2C. The van der Waals surface area contributed by atoms with E-state index in [9.17, 15) is 28.8 Å². The number of benzene rings is 2. The molecule has 5 aliphatic heterocycles. The summed E-state index contributed by atoms with van der Waals surface area (Å²) in [6.45, 7) is 4.32. The molecule has 64 heavy (non-hydrogen) atoms. The average Bonchev–Trinajstić information content (AvgIpc) is 4.04. The first-order chi connectivity index (χ1) is 30.8. The van der Waals surface area contributed by atoms with Crippen LogP contribution in [0.4, 0.5) is 37.6 Å². The third kappa shape index (κ3) is 8.19. The van der Waals surface area contributed by atoms with Gasteiger partial charge in [0.2, 0.25) is 17.8 Å². The second-order valence-electron chi connectivity index (χ2n) is 17.4. The van der Waals surface area contributed by atoms with Crippen molar-refractivity contribution in [3.8, 4) is 5.75 Å². The van der Waals surface area contributed by atoms with Crippen molar-refractivity contribution in [3.63, 3.8) is 0 Å². The lowest BCUT2D eigenvalue weighted by molar-refractivity contribution is -0.140. The first-order valence-corrected chi connectivity index (χ1v) is 21.9. The number of methoxy groups -OCH3 is 1. The number of piperazine rings is 1. The van der Waals surface area contributed by atoms with Gasteiger partial charge in [0.1, 0.15) is 17.5 Å². The summed E-state index contributed by atoms with van der Waals surface area (Å²) in [5, 5.41) is 7.29. The monoisotopic (exact) mass is 883 g/mol. The van der Waals surface area contributed by atoms with Gasteiger partial charge in [-0.25, -0.2) is 9.99 Å². The third-order valence-electron chi connectivity index (χ3n) is 13.4. The number of hydrazine groups is 1. The van der Waals surface area contributed by atoms with E-state index in [1.165, 1.54) is 20.4 Å². The van der Waals surface area contributed by atoms with Crippen molar-refractivity contribution in [2.24, 2.45) is 5.92 Å². The van der Waals surface area contributed by atoms with Crippen molar-refractivity contribution in [2.75, 3.05) is 86.5 Å². The number of nitrogens with one attached hydrogen (secondary N) is 3. The van der Waals surface area contributed by atoms with Gasteiger partial charge in [0, 0.05) is 64.3 Å². The Morgan fingerprint density at radius 3 is 2.48 bits per heavy atom. The predicted octanol–water partition coefficient (Wildman–Crippen LogP) is 3.17. The summed E-state index contributed by atoms with van der Waals surface area (Å²) in [7, 11) is 2.78. The summed E-state index contributed by atoms with van der Waals surface area (Å²) >= 11 is 0. The Bertz CT molecular complexity index is 2390. The molecule has 3 N–H and O–H groups in total. The van der Waals surface area contributed by atoms with E-state index < -0.39 is 48.0 Å². The Morgan fingerprint density at radius 1 is 0.953 bits per heavy atom. The van der Waals surface area contributed by atoms with Gasteiger partial charge in [0.25, 0.3) is 23.6 Å². The fourth-order valence-corrected chi connectivity index (χ4v) is 9.88. The molecule has 18 nitrogen and oxygen atoms in total. The van der Waals surface area contributed by atoms with Gasteiger partial charge in [-0.1, -0.05) is 18.9 Å². The first kappa shape index (κ1) is 43.0. The molecule has 1 saturated carbocycles. The van der Waals surface area contributed by atoms with Crippen molar-refractivity contribution in [1.82, 2.24) is 35.5 Å². The molecule has 3 saturated heterocycles. The predicted molar refractivity (Wildman–Crippen MR) is 230 cm³/mol. The molecule has 4 fully saturated rings. The zero-order valence-corrected chi connectivity index (χ0v) is 35.8. The van der Waals surface area contributed by atoms with Crippen LogP contribution >= 0.6 is 0 Å². The number of imide groups is 2. The van der Waals surface area contributed by atoms with E-state index in [0.717, 1.165) is 68.0 Å². The number of nitrogens with zero attached hydrogens (tertiary/aromatic N) is 8. The van der Waals surface area contributed by atoms with Crippen LogP contribution in [0, 0.1) is 5.92 Å². The van der Waals surface area contributed by atoms with Gasteiger partial charge in [0.05, 0.1) is 42.4 Å². The van der Waals surface area contributed by atoms with Crippen LogP contribution in [0.1, 0.15) is 82.4 Å². The molecule has 338 valence electrons. The highest BCUT2D eigenvalue weighted by Crippen LogP contribution is 2.40. The van der Waals surface area contributed by atoms with Gasteiger partial charge < -0.3 is 24.8 Å². The van der Waals surface area contributed by atoms with E-state index >= 15 is 8.78 Å². The lowest BCUT2D eigenvalue weighted by Crippen LogP contribution is -2.54. The Hall–Kier alpha value is -6.28. The van der Waals surface area contributed by atoms with Crippen LogP contribution in [0.15, 0.2) is 42.6 Å². The second-order valence-corrected chi connectivity index (χ2v) is 17.4. The number of alkyl halides is 2. The highest BCUT2D eigenvalue weighted by atomic mass is 19.3. The molecular weight excluding hydrogens is 833 g/mol. The van der Waals surface area contributed by atoms with Crippen molar-refractivity contribution in [1.29, 1.82) is 0 Å². The molecular formula is C44H51F2N11O7. The largest absolute Gasteiger partial charge is 0.495 e. The van der Waals surface area contributed by atoms with E-state index in [1.54, 1.807) is 35.2 Å². The number of hydrogen-bond donors (Lipinski definition) is 3. The van der Waals surface area contributed by atoms with Gasteiger partial charge in [-0.3, -0.25) is 49.3 Å². The molecule has 20 heteroatoms. The molecule has 1 aromatic heterocycles. The summed E-state index contributed by atoms with van der Waals surface area (Å²) in [5.41, 5.74) is 5.32. The molecule has 6 heterocycles. The zero-order chi connectivity index (χ0) is 44.9. The fraction of sp³-hybridized carbons (Fsp3) is 0.500. The van der Waals surface area contributed by atoms with Crippen LogP contribution in [0.2, 0.25) is 0 Å². The molecule has 9 rings (SSSR count). The van der Waals surface area contributed by atoms with Gasteiger partial charge in [0.15, 0.2) is 5.82 Å². The standard InChI is InChI=1S/C44H51F2N11O7/c1-52-33-23-47-43(50-37(33)56(28-6-3-4-7-28)25-44(45,46)42(52)63)48-30-11-10-27(22-34(30)64-2)38(59)51-55-17-15-26(24-55)14-16-53-18-20-54(21-19-53)31-9-5-8-29-36(31)41(62)57(40(29)61)32-12-13-35(58)49-39(32)60/h5,8-11,22-23,26,28,32H,3-4,6-7,12-21,24-25H2,1-2H3,(H,51,59)(H,47,48,50)(H,49,58,60).